The number of halogens is 1. The fourth-order valence-corrected chi connectivity index (χ4v) is 3.03. The number of nitrogens with zero attached hydrogens (tertiary/aromatic N) is 2. The molecule has 5 nitrogen and oxygen atoms in total. The van der Waals surface area contributed by atoms with Crippen molar-refractivity contribution in [2.75, 3.05) is 7.11 Å². The second kappa shape index (κ2) is 8.61. The fourth-order valence-electron chi connectivity index (χ4n) is 3.03. The molecule has 30 heavy (non-hydrogen) atoms. The third-order valence-electron chi connectivity index (χ3n) is 4.58. The summed E-state index contributed by atoms with van der Waals surface area (Å²) in [6, 6.07) is 22.6. The first-order valence-corrected chi connectivity index (χ1v) is 9.35. The molecule has 0 aliphatic rings. The van der Waals surface area contributed by atoms with Gasteiger partial charge in [0.1, 0.15) is 29.4 Å². The van der Waals surface area contributed by atoms with Gasteiger partial charge >= 0.3 is 5.97 Å². The van der Waals surface area contributed by atoms with Gasteiger partial charge in [0.15, 0.2) is 0 Å². The van der Waals surface area contributed by atoms with Gasteiger partial charge in [0.2, 0.25) is 0 Å². The highest BCUT2D eigenvalue weighted by Gasteiger charge is 2.20. The lowest BCUT2D eigenvalue weighted by atomic mass is 10.1. The fraction of sp³-hybridized carbons (Fsp3) is 0.0833. The summed E-state index contributed by atoms with van der Waals surface area (Å²) in [7, 11) is 1.57. The van der Waals surface area contributed by atoms with Gasteiger partial charge in [-0.2, -0.15) is 5.10 Å². The van der Waals surface area contributed by atoms with E-state index < -0.39 is 5.97 Å². The van der Waals surface area contributed by atoms with E-state index in [1.807, 2.05) is 48.5 Å². The summed E-state index contributed by atoms with van der Waals surface area (Å²) in [4.78, 5) is 12.9. The molecule has 0 aliphatic heterocycles. The summed E-state index contributed by atoms with van der Waals surface area (Å²) in [6.07, 6.45) is 1.59. The number of hydrogen-bond acceptors (Lipinski definition) is 4. The summed E-state index contributed by atoms with van der Waals surface area (Å²) < 4.78 is 25.7. The second-order valence-corrected chi connectivity index (χ2v) is 6.61. The molecule has 150 valence electrons. The molecule has 0 unspecified atom stereocenters. The van der Waals surface area contributed by atoms with Crippen LogP contribution < -0.4 is 4.74 Å². The van der Waals surface area contributed by atoms with Crippen molar-refractivity contribution < 1.29 is 18.7 Å². The highest BCUT2D eigenvalue weighted by molar-refractivity contribution is 5.96. The molecule has 0 saturated carbocycles. The average Bonchev–Trinajstić information content (AvgIpc) is 3.24. The summed E-state index contributed by atoms with van der Waals surface area (Å²) in [5, 5.41) is 4.57. The maximum absolute atomic E-state index is 13.3. The van der Waals surface area contributed by atoms with Crippen molar-refractivity contribution >= 4 is 5.97 Å². The van der Waals surface area contributed by atoms with Gasteiger partial charge in [-0.15, -0.1) is 0 Å². The molecular weight excluding hydrogens is 383 g/mol. The van der Waals surface area contributed by atoms with E-state index >= 15 is 0 Å². The number of esters is 1. The lowest BCUT2D eigenvalue weighted by Gasteiger charge is -2.06. The van der Waals surface area contributed by atoms with Gasteiger partial charge in [0.05, 0.1) is 12.8 Å². The molecule has 6 heteroatoms. The monoisotopic (exact) mass is 402 g/mol. The van der Waals surface area contributed by atoms with Gasteiger partial charge in [0, 0.05) is 11.8 Å². The van der Waals surface area contributed by atoms with Crippen LogP contribution in [0.3, 0.4) is 0 Å². The zero-order chi connectivity index (χ0) is 20.9. The summed E-state index contributed by atoms with van der Waals surface area (Å²) in [5.74, 6) is -0.195. The predicted molar refractivity (Wildman–Crippen MR) is 111 cm³/mol. The standard InChI is InChI=1S/C24H19FN2O3/c1-29-21-9-5-8-18(14-21)23-22(24(28)30-16-17-6-3-2-4-7-17)15-27(26-23)20-12-10-19(25)11-13-20/h2-15H,16H2,1H3. The van der Waals surface area contributed by atoms with Crippen molar-refractivity contribution in [3.63, 3.8) is 0 Å². The van der Waals surface area contributed by atoms with Crippen molar-refractivity contribution in [3.05, 3.63) is 102 Å². The van der Waals surface area contributed by atoms with Gasteiger partial charge in [-0.25, -0.2) is 13.9 Å². The first-order valence-electron chi connectivity index (χ1n) is 9.35. The molecule has 0 bridgehead atoms. The summed E-state index contributed by atoms with van der Waals surface area (Å²) >= 11 is 0. The average molecular weight is 402 g/mol. The molecule has 0 fully saturated rings. The lowest BCUT2D eigenvalue weighted by Crippen LogP contribution is -2.05. The number of benzene rings is 3. The number of rotatable bonds is 6. The number of carbonyl (C=O) groups is 1. The Labute approximate surface area is 173 Å². The smallest absolute Gasteiger partial charge is 0.342 e. The Bertz CT molecular complexity index is 1150. The van der Waals surface area contributed by atoms with E-state index in [-0.39, 0.29) is 12.4 Å². The molecule has 4 rings (SSSR count). The molecule has 4 aromatic rings. The summed E-state index contributed by atoms with van der Waals surface area (Å²) in [5.41, 5.74) is 2.99. The van der Waals surface area contributed by atoms with Crippen molar-refractivity contribution in [1.82, 2.24) is 9.78 Å². The highest BCUT2D eigenvalue weighted by atomic mass is 19.1. The predicted octanol–water partition coefficient (Wildman–Crippen LogP) is 5.04. The topological polar surface area (TPSA) is 53.4 Å². The molecule has 0 radical (unpaired) electrons. The van der Waals surface area contributed by atoms with Gasteiger partial charge in [0.25, 0.3) is 0 Å². The first-order chi connectivity index (χ1) is 14.6. The second-order valence-electron chi connectivity index (χ2n) is 6.61. The van der Waals surface area contributed by atoms with E-state index in [0.29, 0.717) is 28.3 Å². The minimum absolute atomic E-state index is 0.152. The van der Waals surface area contributed by atoms with Crippen molar-refractivity contribution in [2.45, 2.75) is 6.61 Å². The van der Waals surface area contributed by atoms with E-state index in [2.05, 4.69) is 5.10 Å². The normalized spacial score (nSPS) is 10.6. The Morgan fingerprint density at radius 2 is 1.77 bits per heavy atom. The molecule has 0 saturated heterocycles. The first kappa shape index (κ1) is 19.4. The van der Waals surface area contributed by atoms with Crippen LogP contribution in [0.5, 0.6) is 5.75 Å². The third-order valence-corrected chi connectivity index (χ3v) is 4.58. The molecule has 0 aliphatic carbocycles. The summed E-state index contributed by atoms with van der Waals surface area (Å²) in [6.45, 7) is 0.152. The molecule has 1 heterocycles. The number of ether oxygens (including phenoxy) is 2. The van der Waals surface area contributed by atoms with Crippen molar-refractivity contribution in [2.24, 2.45) is 0 Å². The quantitative estimate of drug-likeness (QED) is 0.424. The minimum Gasteiger partial charge on any atom is -0.497 e. The van der Waals surface area contributed by atoms with Crippen molar-refractivity contribution in [3.8, 4) is 22.7 Å². The Morgan fingerprint density at radius 3 is 2.50 bits per heavy atom. The van der Waals surface area contributed by atoms with E-state index in [1.165, 1.54) is 16.8 Å². The maximum atomic E-state index is 13.3. The van der Waals surface area contributed by atoms with E-state index in [9.17, 15) is 9.18 Å². The van der Waals surface area contributed by atoms with E-state index in [4.69, 9.17) is 9.47 Å². The van der Waals surface area contributed by atoms with Crippen LogP contribution in [0.25, 0.3) is 16.9 Å². The minimum atomic E-state index is -0.495. The molecule has 0 spiro atoms. The van der Waals surface area contributed by atoms with Crippen LogP contribution in [0.15, 0.2) is 85.1 Å². The molecular formula is C24H19FN2O3. The van der Waals surface area contributed by atoms with Gasteiger partial charge in [-0.3, -0.25) is 0 Å². The zero-order valence-electron chi connectivity index (χ0n) is 16.3. The maximum Gasteiger partial charge on any atom is 0.342 e. The largest absolute Gasteiger partial charge is 0.497 e. The number of methoxy groups -OCH3 is 1. The number of aromatic nitrogens is 2. The SMILES string of the molecule is COc1cccc(-c2nn(-c3ccc(F)cc3)cc2C(=O)OCc2ccccc2)c1. The Hall–Kier alpha value is -3.93. The van der Waals surface area contributed by atoms with Crippen LogP contribution in [-0.2, 0) is 11.3 Å². The third kappa shape index (κ3) is 4.22. The van der Waals surface area contributed by atoms with Crippen LogP contribution in [0.2, 0.25) is 0 Å². The number of hydrogen-bond donors (Lipinski definition) is 0. The van der Waals surface area contributed by atoms with Crippen LogP contribution >= 0.6 is 0 Å². The molecule has 0 amide bonds. The molecule has 3 aromatic carbocycles. The number of carbonyl (C=O) groups excluding carboxylic acids is 1. The molecule has 0 N–H and O–H groups in total. The Kier molecular flexibility index (Phi) is 5.57. The Balaban J connectivity index is 1.71. The Morgan fingerprint density at radius 1 is 1.00 bits per heavy atom. The van der Waals surface area contributed by atoms with Crippen LogP contribution in [-0.4, -0.2) is 22.9 Å². The van der Waals surface area contributed by atoms with Gasteiger partial charge in [-0.1, -0.05) is 42.5 Å². The van der Waals surface area contributed by atoms with Gasteiger partial charge < -0.3 is 9.47 Å². The zero-order valence-corrected chi connectivity index (χ0v) is 16.3. The molecule has 1 aromatic heterocycles. The van der Waals surface area contributed by atoms with Crippen LogP contribution in [0.4, 0.5) is 4.39 Å². The van der Waals surface area contributed by atoms with E-state index in [0.717, 1.165) is 5.56 Å². The lowest BCUT2D eigenvalue weighted by molar-refractivity contribution is 0.0473. The van der Waals surface area contributed by atoms with Crippen molar-refractivity contribution in [1.29, 1.82) is 0 Å². The van der Waals surface area contributed by atoms with Crippen LogP contribution in [0, 0.1) is 5.82 Å². The van der Waals surface area contributed by atoms with E-state index in [1.54, 1.807) is 31.5 Å². The molecule has 0 atom stereocenters. The van der Waals surface area contributed by atoms with Gasteiger partial charge in [-0.05, 0) is 42.0 Å². The van der Waals surface area contributed by atoms with Crippen LogP contribution in [0.1, 0.15) is 15.9 Å². The highest BCUT2D eigenvalue weighted by Crippen LogP contribution is 2.27.